The van der Waals surface area contributed by atoms with Crippen LogP contribution in [-0.2, 0) is 0 Å². The van der Waals surface area contributed by atoms with Gasteiger partial charge in [-0.2, -0.15) is 5.26 Å². The molecule has 0 spiro atoms. The maximum Gasteiger partial charge on any atom is 0.123 e. The first-order chi connectivity index (χ1) is 16.0. The molecule has 0 aromatic heterocycles. The highest BCUT2D eigenvalue weighted by Crippen LogP contribution is 2.45. The minimum atomic E-state index is -0.398. The predicted molar refractivity (Wildman–Crippen MR) is 129 cm³/mol. The first kappa shape index (κ1) is 21.6. The van der Waals surface area contributed by atoms with Crippen LogP contribution in [0.5, 0.6) is 0 Å². The number of nitriles is 1. The molecule has 4 nitrogen and oxygen atoms in total. The fourth-order valence-electron chi connectivity index (χ4n) is 4.24. The topological polar surface area (TPSA) is 33.5 Å². The second-order valence-corrected chi connectivity index (χ2v) is 9.15. The third-order valence-corrected chi connectivity index (χ3v) is 7.33. The molecule has 3 aromatic rings. The molecule has 0 bridgehead atoms. The van der Waals surface area contributed by atoms with Gasteiger partial charge in [-0.25, -0.2) is 8.78 Å². The van der Waals surface area contributed by atoms with Crippen molar-refractivity contribution in [3.63, 3.8) is 0 Å². The highest BCUT2D eigenvalue weighted by atomic mass is 35.5. The van der Waals surface area contributed by atoms with Crippen LogP contribution in [0.1, 0.15) is 11.6 Å². The number of halogens is 3. The first-order valence-corrected chi connectivity index (χ1v) is 11.7. The third kappa shape index (κ3) is 4.12. The number of hydrogen-bond acceptors (Lipinski definition) is 5. The summed E-state index contributed by atoms with van der Waals surface area (Å²) < 4.78 is 27.1. The maximum absolute atomic E-state index is 13.7. The Kier molecular flexibility index (Phi) is 5.88. The van der Waals surface area contributed by atoms with E-state index in [-0.39, 0.29) is 11.6 Å². The van der Waals surface area contributed by atoms with Gasteiger partial charge in [-0.3, -0.25) is 0 Å². The fourth-order valence-corrected chi connectivity index (χ4v) is 5.60. The highest BCUT2D eigenvalue weighted by Gasteiger charge is 2.39. The lowest BCUT2D eigenvalue weighted by molar-refractivity contribution is 0.326. The van der Waals surface area contributed by atoms with E-state index < -0.39 is 6.04 Å². The van der Waals surface area contributed by atoms with Gasteiger partial charge >= 0.3 is 0 Å². The largest absolute Gasteiger partial charge is 0.344 e. The molecular formula is C25H19ClF2N4S. The molecule has 2 aliphatic heterocycles. The molecule has 2 aliphatic rings. The smallest absolute Gasteiger partial charge is 0.123 e. The molecule has 33 heavy (non-hydrogen) atoms. The van der Waals surface area contributed by atoms with Crippen LogP contribution in [0, 0.1) is 23.0 Å². The van der Waals surface area contributed by atoms with Crippen LogP contribution in [-0.4, -0.2) is 24.1 Å². The van der Waals surface area contributed by atoms with E-state index in [0.29, 0.717) is 29.8 Å². The molecule has 0 amide bonds. The van der Waals surface area contributed by atoms with Gasteiger partial charge < -0.3 is 14.7 Å². The Morgan fingerprint density at radius 1 is 0.848 bits per heavy atom. The van der Waals surface area contributed by atoms with Crippen LogP contribution < -0.4 is 9.80 Å². The zero-order valence-electron chi connectivity index (χ0n) is 17.5. The van der Waals surface area contributed by atoms with Gasteiger partial charge in [-0.1, -0.05) is 41.6 Å². The van der Waals surface area contributed by atoms with Crippen molar-refractivity contribution in [1.82, 2.24) is 4.90 Å². The van der Waals surface area contributed by atoms with Crippen LogP contribution in [0.3, 0.4) is 0 Å². The summed E-state index contributed by atoms with van der Waals surface area (Å²) >= 11 is 8.15. The summed E-state index contributed by atoms with van der Waals surface area (Å²) in [7, 11) is 0. The zero-order valence-corrected chi connectivity index (χ0v) is 19.0. The predicted octanol–water partition coefficient (Wildman–Crippen LogP) is 6.34. The van der Waals surface area contributed by atoms with Gasteiger partial charge in [0.25, 0.3) is 0 Å². The number of hydrogen-bond donors (Lipinski definition) is 0. The lowest BCUT2D eigenvalue weighted by Gasteiger charge is -2.48. The molecule has 1 saturated heterocycles. The lowest BCUT2D eigenvalue weighted by atomic mass is 9.96. The number of anilines is 2. The van der Waals surface area contributed by atoms with Crippen molar-refractivity contribution in [3.05, 3.63) is 106 Å². The summed E-state index contributed by atoms with van der Waals surface area (Å²) in [5.41, 5.74) is 3.12. The van der Waals surface area contributed by atoms with E-state index in [0.717, 1.165) is 22.0 Å². The highest BCUT2D eigenvalue weighted by molar-refractivity contribution is 8.03. The first-order valence-electron chi connectivity index (χ1n) is 10.3. The van der Waals surface area contributed by atoms with Crippen molar-refractivity contribution < 1.29 is 8.78 Å². The Morgan fingerprint density at radius 2 is 1.48 bits per heavy atom. The Labute approximate surface area is 200 Å². The normalized spacial score (nSPS) is 18.2. The number of fused-ring (bicyclic) bond motifs is 1. The van der Waals surface area contributed by atoms with Crippen molar-refractivity contribution in [1.29, 1.82) is 5.26 Å². The standard InChI is InChI=1S/C25H19ClF2N4S/c26-23-4-2-1-3-21(23)24-22(13-29)25-30(15-32(24)20-11-7-18(28)8-12-20)14-31(16-33-25)19-9-5-17(27)6-10-19/h1-12,24H,14-16H2. The van der Waals surface area contributed by atoms with E-state index in [2.05, 4.69) is 20.8 Å². The van der Waals surface area contributed by atoms with Crippen LogP contribution in [0.15, 0.2) is 83.4 Å². The van der Waals surface area contributed by atoms with Crippen molar-refractivity contribution >= 4 is 34.7 Å². The summed E-state index contributed by atoms with van der Waals surface area (Å²) in [6, 6.07) is 22.2. The van der Waals surface area contributed by atoms with E-state index in [1.54, 1.807) is 36.0 Å². The number of benzene rings is 3. The Bertz CT molecular complexity index is 1240. The molecule has 1 unspecified atom stereocenters. The number of nitrogens with zero attached hydrogens (tertiary/aromatic N) is 4. The minimum absolute atomic E-state index is 0.279. The van der Waals surface area contributed by atoms with Gasteiger partial charge in [-0.05, 0) is 60.2 Å². The average Bonchev–Trinajstić information content (AvgIpc) is 2.84. The number of rotatable bonds is 3. The minimum Gasteiger partial charge on any atom is -0.344 e. The van der Waals surface area contributed by atoms with Gasteiger partial charge in [0.05, 0.1) is 35.9 Å². The molecule has 5 rings (SSSR count). The fraction of sp³-hybridized carbons (Fsp3) is 0.160. The summed E-state index contributed by atoms with van der Waals surface area (Å²) in [6.45, 7) is 1.01. The summed E-state index contributed by atoms with van der Waals surface area (Å²) in [6.07, 6.45) is 0. The molecule has 0 aliphatic carbocycles. The lowest BCUT2D eigenvalue weighted by Crippen LogP contribution is -2.51. The quantitative estimate of drug-likeness (QED) is 0.436. The van der Waals surface area contributed by atoms with Gasteiger partial charge in [0, 0.05) is 16.4 Å². The van der Waals surface area contributed by atoms with E-state index in [1.165, 1.54) is 24.3 Å². The van der Waals surface area contributed by atoms with E-state index >= 15 is 0 Å². The molecular weight excluding hydrogens is 462 g/mol. The molecule has 0 N–H and O–H groups in total. The van der Waals surface area contributed by atoms with E-state index in [1.807, 2.05) is 24.3 Å². The van der Waals surface area contributed by atoms with Crippen LogP contribution in [0.25, 0.3) is 0 Å². The zero-order chi connectivity index (χ0) is 22.9. The number of thioether (sulfide) groups is 1. The van der Waals surface area contributed by atoms with Crippen LogP contribution in [0.4, 0.5) is 20.2 Å². The maximum atomic E-state index is 13.7. The monoisotopic (exact) mass is 480 g/mol. The van der Waals surface area contributed by atoms with Crippen molar-refractivity contribution in [2.75, 3.05) is 29.0 Å². The molecule has 166 valence electrons. The van der Waals surface area contributed by atoms with Gasteiger partial charge in [-0.15, -0.1) is 0 Å². The van der Waals surface area contributed by atoms with Crippen molar-refractivity contribution in [2.45, 2.75) is 6.04 Å². The van der Waals surface area contributed by atoms with Gasteiger partial charge in [0.2, 0.25) is 0 Å². The summed E-state index contributed by atoms with van der Waals surface area (Å²) in [4.78, 5) is 6.31. The molecule has 3 aromatic carbocycles. The van der Waals surface area contributed by atoms with Crippen molar-refractivity contribution in [3.8, 4) is 6.07 Å². The molecule has 1 atom stereocenters. The van der Waals surface area contributed by atoms with Gasteiger partial charge in [0.15, 0.2) is 0 Å². The van der Waals surface area contributed by atoms with Gasteiger partial charge in [0.1, 0.15) is 17.7 Å². The SMILES string of the molecule is N#CC1=C2SCN(c3ccc(F)cc3)CN2CN(c2ccc(F)cc2)C1c1ccccc1Cl. The molecule has 0 radical (unpaired) electrons. The second-order valence-electron chi connectivity index (χ2n) is 7.81. The Balaban J connectivity index is 1.58. The summed E-state index contributed by atoms with van der Waals surface area (Å²) in [5, 5.41) is 11.7. The van der Waals surface area contributed by atoms with Crippen molar-refractivity contribution in [2.24, 2.45) is 0 Å². The van der Waals surface area contributed by atoms with E-state index in [4.69, 9.17) is 11.6 Å². The Morgan fingerprint density at radius 3 is 2.12 bits per heavy atom. The van der Waals surface area contributed by atoms with Crippen LogP contribution >= 0.6 is 23.4 Å². The second kappa shape index (κ2) is 8.97. The molecule has 8 heteroatoms. The Hall–Kier alpha value is -3.21. The summed E-state index contributed by atoms with van der Waals surface area (Å²) in [5.74, 6) is 0.0330. The molecule has 0 saturated carbocycles. The molecule has 2 heterocycles. The van der Waals surface area contributed by atoms with E-state index in [9.17, 15) is 14.0 Å². The third-order valence-electron chi connectivity index (χ3n) is 5.79. The molecule has 1 fully saturated rings. The average molecular weight is 481 g/mol. The van der Waals surface area contributed by atoms with Crippen LogP contribution in [0.2, 0.25) is 5.02 Å².